The molecule has 6 nitrogen and oxygen atoms in total. The molecule has 1 aromatic rings. The maximum absolute atomic E-state index is 9.10. The van der Waals surface area contributed by atoms with Crippen LogP contribution in [0.5, 0.6) is 5.75 Å². The molecule has 1 atom stereocenters. The van der Waals surface area contributed by atoms with Crippen molar-refractivity contribution in [2.75, 3.05) is 20.2 Å². The van der Waals surface area contributed by atoms with Crippen molar-refractivity contribution in [3.8, 4) is 5.75 Å². The molecule has 1 aromatic carbocycles. The van der Waals surface area contributed by atoms with Crippen LogP contribution in [-0.4, -0.2) is 47.3 Å². The molecule has 2 bridgehead atoms. The van der Waals surface area contributed by atoms with E-state index in [1.54, 1.807) is 7.11 Å². The smallest absolute Gasteiger partial charge is 0.414 e. The van der Waals surface area contributed by atoms with Gasteiger partial charge in [0.25, 0.3) is 0 Å². The molecule has 2 N–H and O–H groups in total. The van der Waals surface area contributed by atoms with Crippen molar-refractivity contribution in [1.29, 1.82) is 0 Å². The summed E-state index contributed by atoms with van der Waals surface area (Å²) in [5.74, 6) is -1.95. The van der Waals surface area contributed by atoms with E-state index in [0.29, 0.717) is 0 Å². The highest BCUT2D eigenvalue weighted by molar-refractivity contribution is 6.27. The molecule has 0 aromatic heterocycles. The van der Waals surface area contributed by atoms with Crippen molar-refractivity contribution in [3.05, 3.63) is 36.0 Å². The molecular formula is C15H17NO5. The first-order valence-corrected chi connectivity index (χ1v) is 6.57. The minimum Gasteiger partial charge on any atom is -0.497 e. The molecule has 0 radical (unpaired) electrons. The maximum Gasteiger partial charge on any atom is 0.414 e. The monoisotopic (exact) mass is 291 g/mol. The Hall–Kier alpha value is -2.50. The van der Waals surface area contributed by atoms with E-state index in [0.717, 1.165) is 11.7 Å². The number of hydrogen-bond donors (Lipinski definition) is 2. The van der Waals surface area contributed by atoms with Gasteiger partial charge in [0.05, 0.1) is 7.11 Å². The van der Waals surface area contributed by atoms with Crippen molar-refractivity contribution in [2.24, 2.45) is 5.92 Å². The first-order valence-electron chi connectivity index (χ1n) is 6.57. The van der Waals surface area contributed by atoms with Crippen molar-refractivity contribution in [2.45, 2.75) is 6.42 Å². The lowest BCUT2D eigenvalue weighted by molar-refractivity contribution is -0.159. The second-order valence-corrected chi connectivity index (χ2v) is 4.91. The number of hydrogen-bond acceptors (Lipinski definition) is 4. The lowest BCUT2D eigenvalue weighted by Crippen LogP contribution is -2.09. The van der Waals surface area contributed by atoms with Gasteiger partial charge in [0, 0.05) is 25.2 Å². The van der Waals surface area contributed by atoms with Gasteiger partial charge in [0.2, 0.25) is 0 Å². The molecule has 1 unspecified atom stereocenters. The molecule has 21 heavy (non-hydrogen) atoms. The van der Waals surface area contributed by atoms with Crippen LogP contribution in [0.1, 0.15) is 12.0 Å². The van der Waals surface area contributed by atoms with Crippen LogP contribution < -0.4 is 4.74 Å². The Morgan fingerprint density at radius 3 is 2.48 bits per heavy atom. The Kier molecular flexibility index (Phi) is 4.47. The average molecular weight is 291 g/mol. The van der Waals surface area contributed by atoms with E-state index in [2.05, 4.69) is 29.3 Å². The Balaban J connectivity index is 0.000000232. The normalized spacial score (nSPS) is 18.6. The number of methoxy groups -OCH3 is 1. The summed E-state index contributed by atoms with van der Waals surface area (Å²) in [5.41, 5.74) is 2.81. The predicted molar refractivity (Wildman–Crippen MR) is 75.9 cm³/mol. The molecule has 6 heteroatoms. The zero-order valence-electron chi connectivity index (χ0n) is 11.7. The molecule has 2 aliphatic rings. The number of benzene rings is 1. The van der Waals surface area contributed by atoms with Gasteiger partial charge in [0.15, 0.2) is 0 Å². The predicted octanol–water partition coefficient (Wildman–Crippen LogP) is 1.53. The lowest BCUT2D eigenvalue weighted by atomic mass is 9.93. The van der Waals surface area contributed by atoms with E-state index in [4.69, 9.17) is 24.5 Å². The van der Waals surface area contributed by atoms with Gasteiger partial charge in [-0.15, -0.1) is 0 Å². The third-order valence-corrected chi connectivity index (χ3v) is 3.57. The molecule has 0 spiro atoms. The fraction of sp³-hybridized carbons (Fsp3) is 0.333. The topological polar surface area (TPSA) is 87.1 Å². The quantitative estimate of drug-likeness (QED) is 0.803. The van der Waals surface area contributed by atoms with E-state index >= 15 is 0 Å². The fourth-order valence-electron chi connectivity index (χ4n) is 2.57. The zero-order valence-corrected chi connectivity index (χ0v) is 11.7. The molecule has 2 heterocycles. The minimum atomic E-state index is -1.82. The van der Waals surface area contributed by atoms with Crippen LogP contribution in [0.15, 0.2) is 30.5 Å². The zero-order chi connectivity index (χ0) is 15.4. The Morgan fingerprint density at radius 1 is 1.29 bits per heavy atom. The Morgan fingerprint density at radius 2 is 2.00 bits per heavy atom. The maximum atomic E-state index is 9.10. The van der Waals surface area contributed by atoms with Gasteiger partial charge in [-0.2, -0.15) is 0 Å². The van der Waals surface area contributed by atoms with Crippen LogP contribution in [0.3, 0.4) is 0 Å². The van der Waals surface area contributed by atoms with Crippen LogP contribution in [0.2, 0.25) is 0 Å². The highest BCUT2D eigenvalue weighted by Crippen LogP contribution is 2.38. The van der Waals surface area contributed by atoms with Gasteiger partial charge < -0.3 is 19.8 Å². The first kappa shape index (κ1) is 14.9. The second kappa shape index (κ2) is 6.30. The summed E-state index contributed by atoms with van der Waals surface area (Å²) in [5, 5.41) is 14.8. The van der Waals surface area contributed by atoms with E-state index in [-0.39, 0.29) is 0 Å². The first-order chi connectivity index (χ1) is 10.0. The van der Waals surface area contributed by atoms with E-state index < -0.39 is 11.9 Å². The van der Waals surface area contributed by atoms with Crippen molar-refractivity contribution < 1.29 is 24.5 Å². The van der Waals surface area contributed by atoms with E-state index in [9.17, 15) is 0 Å². The fourth-order valence-corrected chi connectivity index (χ4v) is 2.57. The third kappa shape index (κ3) is 3.53. The Labute approximate surface area is 122 Å². The highest BCUT2D eigenvalue weighted by atomic mass is 16.5. The summed E-state index contributed by atoms with van der Waals surface area (Å²) in [6, 6.07) is 8.37. The summed E-state index contributed by atoms with van der Waals surface area (Å²) in [6.45, 7) is 2.45. The van der Waals surface area contributed by atoms with Gasteiger partial charge in [-0.3, -0.25) is 0 Å². The molecule has 3 rings (SSSR count). The lowest BCUT2D eigenvalue weighted by Gasteiger charge is -2.14. The number of aliphatic carboxylic acids is 2. The summed E-state index contributed by atoms with van der Waals surface area (Å²) in [7, 11) is 1.72. The number of rotatable bonds is 2. The number of nitrogens with zero attached hydrogens (tertiary/aromatic N) is 1. The largest absolute Gasteiger partial charge is 0.497 e. The number of carboxylic acid groups (broad SMARTS) is 2. The van der Waals surface area contributed by atoms with Crippen molar-refractivity contribution in [3.63, 3.8) is 0 Å². The number of ether oxygens (including phenoxy) is 1. The number of carboxylic acids is 2. The van der Waals surface area contributed by atoms with Crippen LogP contribution in [0, 0.1) is 5.92 Å². The summed E-state index contributed by atoms with van der Waals surface area (Å²) in [4.78, 5) is 20.6. The molecule has 2 aliphatic heterocycles. The van der Waals surface area contributed by atoms with E-state index in [1.165, 1.54) is 30.6 Å². The van der Waals surface area contributed by atoms with Crippen molar-refractivity contribution in [1.82, 2.24) is 4.90 Å². The standard InChI is InChI=1S/C13H15NO.C2H2O4/c1-15-12-4-2-3-10(7-12)13-9-14-6-5-11(13)8-14;3-1(4)2(5)6/h2-4,7,9,11H,5-6,8H2,1H3;(H,3,4)(H,5,6). The Bertz CT molecular complexity index is 569. The molecular weight excluding hydrogens is 274 g/mol. The molecule has 1 saturated heterocycles. The second-order valence-electron chi connectivity index (χ2n) is 4.91. The molecule has 0 aliphatic carbocycles. The van der Waals surface area contributed by atoms with E-state index in [1.807, 2.05) is 6.07 Å². The van der Waals surface area contributed by atoms with Crippen LogP contribution in [0.25, 0.3) is 5.57 Å². The molecule has 0 amide bonds. The van der Waals surface area contributed by atoms with Crippen LogP contribution >= 0.6 is 0 Å². The van der Waals surface area contributed by atoms with Crippen LogP contribution in [0.4, 0.5) is 0 Å². The summed E-state index contributed by atoms with van der Waals surface area (Å²) < 4.78 is 5.25. The molecule has 0 saturated carbocycles. The molecule has 1 fully saturated rings. The highest BCUT2D eigenvalue weighted by Gasteiger charge is 2.31. The van der Waals surface area contributed by atoms with Gasteiger partial charge in [-0.25, -0.2) is 9.59 Å². The van der Waals surface area contributed by atoms with Gasteiger partial charge >= 0.3 is 11.9 Å². The third-order valence-electron chi connectivity index (χ3n) is 3.57. The van der Waals surface area contributed by atoms with Gasteiger partial charge in [0.1, 0.15) is 5.75 Å². The summed E-state index contributed by atoms with van der Waals surface area (Å²) >= 11 is 0. The average Bonchev–Trinajstić information content (AvgIpc) is 3.10. The van der Waals surface area contributed by atoms with Crippen LogP contribution in [-0.2, 0) is 9.59 Å². The number of carbonyl (C=O) groups is 2. The minimum absolute atomic E-state index is 0.747. The van der Waals surface area contributed by atoms with Gasteiger partial charge in [-0.1, -0.05) is 12.1 Å². The number of fused-ring (bicyclic) bond motifs is 2. The molecule has 112 valence electrons. The van der Waals surface area contributed by atoms with Crippen molar-refractivity contribution >= 4 is 17.5 Å². The van der Waals surface area contributed by atoms with Gasteiger partial charge in [-0.05, 0) is 29.7 Å². The summed E-state index contributed by atoms with van der Waals surface area (Å²) in [6.07, 6.45) is 3.62. The SMILES string of the molecule is COc1cccc(C2=CN3CCC2C3)c1.O=C(O)C(=O)O.